The Morgan fingerprint density at radius 1 is 1.09 bits per heavy atom. The topological polar surface area (TPSA) is 64.5 Å². The highest BCUT2D eigenvalue weighted by Gasteiger charge is 2.47. The molecule has 2 aromatic carbocycles. The van der Waals surface area contributed by atoms with Gasteiger partial charge in [0, 0.05) is 60.7 Å². The SMILES string of the molecule is C#Cc1c(F)ccc2cc(O)cc(-c3ncc4c(N5CC6CCC(C5)N6)cc(C#C[C@@]56CCCN5C[C@H](F)C6)nc4c3F)c12. The van der Waals surface area contributed by atoms with Crippen molar-refractivity contribution in [2.75, 3.05) is 31.1 Å². The lowest BCUT2D eigenvalue weighted by atomic mass is 9.94. The fraction of sp³-hybridized carbons (Fsp3) is 0.371. The first-order chi connectivity index (χ1) is 21.3. The van der Waals surface area contributed by atoms with Gasteiger partial charge in [-0.15, -0.1) is 6.42 Å². The van der Waals surface area contributed by atoms with E-state index in [9.17, 15) is 13.9 Å². The average molecular weight is 594 g/mol. The second-order valence-electron chi connectivity index (χ2n) is 12.5. The number of alkyl halides is 1. The van der Waals surface area contributed by atoms with Crippen LogP contribution in [0.25, 0.3) is 32.9 Å². The van der Waals surface area contributed by atoms with Crippen LogP contribution in [0.1, 0.15) is 43.4 Å². The number of benzene rings is 2. The van der Waals surface area contributed by atoms with Gasteiger partial charge in [-0.05, 0) is 67.8 Å². The summed E-state index contributed by atoms with van der Waals surface area (Å²) in [5, 5.41) is 15.4. The molecule has 0 aliphatic carbocycles. The molecular formula is C35H30F3N5O. The van der Waals surface area contributed by atoms with Crippen LogP contribution in [0.3, 0.4) is 0 Å². The second-order valence-corrected chi connectivity index (χ2v) is 12.5. The molecule has 4 saturated heterocycles. The van der Waals surface area contributed by atoms with Crippen molar-refractivity contribution in [1.29, 1.82) is 0 Å². The number of phenols is 1. The number of hydrogen-bond acceptors (Lipinski definition) is 6. The van der Waals surface area contributed by atoms with E-state index in [2.05, 4.69) is 37.9 Å². The fourth-order valence-corrected chi connectivity index (χ4v) is 7.87. The van der Waals surface area contributed by atoms with Gasteiger partial charge in [-0.1, -0.05) is 17.9 Å². The van der Waals surface area contributed by atoms with E-state index in [0.29, 0.717) is 41.5 Å². The number of terminal acetylenes is 1. The largest absolute Gasteiger partial charge is 0.508 e. The van der Waals surface area contributed by atoms with Gasteiger partial charge in [0.2, 0.25) is 0 Å². The molecule has 0 radical (unpaired) electrons. The Bertz CT molecular complexity index is 1950. The Balaban J connectivity index is 1.33. The van der Waals surface area contributed by atoms with Crippen LogP contribution in [0, 0.1) is 35.8 Å². The number of hydrogen-bond donors (Lipinski definition) is 2. The third-order valence-corrected chi connectivity index (χ3v) is 9.81. The monoisotopic (exact) mass is 593 g/mol. The van der Waals surface area contributed by atoms with Gasteiger partial charge in [-0.2, -0.15) is 0 Å². The van der Waals surface area contributed by atoms with Crippen LogP contribution in [0.4, 0.5) is 18.9 Å². The highest BCUT2D eigenvalue weighted by atomic mass is 19.1. The molecular weight excluding hydrogens is 563 g/mol. The summed E-state index contributed by atoms with van der Waals surface area (Å²) in [6, 6.07) is 8.10. The van der Waals surface area contributed by atoms with Crippen LogP contribution >= 0.6 is 0 Å². The van der Waals surface area contributed by atoms with Gasteiger partial charge in [-0.3, -0.25) is 9.88 Å². The lowest BCUT2D eigenvalue weighted by Gasteiger charge is -2.35. The van der Waals surface area contributed by atoms with Gasteiger partial charge >= 0.3 is 0 Å². The van der Waals surface area contributed by atoms with Gasteiger partial charge in [0.15, 0.2) is 5.82 Å². The summed E-state index contributed by atoms with van der Waals surface area (Å²) >= 11 is 0. The average Bonchev–Trinajstić information content (AvgIpc) is 3.66. The normalized spacial score (nSPS) is 26.1. The standard InChI is InChI=1S/C35H30F3N5O/c1-2-26-29(37)7-4-20-12-25(44)14-27(31(20)26)33-32(38)34-28(16-39-33)30(42-18-23-5-6-24(19-42)40-23)13-22(41-34)8-10-35-9-3-11-43(35)17-21(36)15-35/h1,4,7,12-14,16,21,23-24,40,44H,3,5-6,9,11,15,17-19H2/t21-,23?,24?,35-/m1/s1. The van der Waals surface area contributed by atoms with Crippen LogP contribution in [0.5, 0.6) is 5.75 Å². The van der Waals surface area contributed by atoms with Gasteiger partial charge in [0.05, 0.1) is 16.8 Å². The number of nitrogens with one attached hydrogen (secondary N) is 1. The molecule has 2 unspecified atom stereocenters. The number of halogens is 3. The lowest BCUT2D eigenvalue weighted by molar-refractivity contribution is 0.255. The van der Waals surface area contributed by atoms with Crippen molar-refractivity contribution in [3.05, 3.63) is 59.4 Å². The Hall–Kier alpha value is -4.31. The van der Waals surface area contributed by atoms with Crippen LogP contribution in [0.2, 0.25) is 0 Å². The minimum atomic E-state index is -0.915. The maximum atomic E-state index is 16.8. The van der Waals surface area contributed by atoms with Crippen molar-refractivity contribution < 1.29 is 18.3 Å². The molecule has 4 atom stereocenters. The Morgan fingerprint density at radius 3 is 2.70 bits per heavy atom. The van der Waals surface area contributed by atoms with Crippen molar-refractivity contribution >= 4 is 27.4 Å². The Labute approximate surface area is 253 Å². The molecule has 8 rings (SSSR count). The molecule has 2 aromatic heterocycles. The number of rotatable bonds is 2. The molecule has 6 nitrogen and oxygen atoms in total. The number of aromatic hydroxyl groups is 1. The number of pyridine rings is 2. The van der Waals surface area contributed by atoms with Gasteiger partial charge in [0.1, 0.15) is 34.6 Å². The van der Waals surface area contributed by atoms with E-state index in [1.807, 2.05) is 6.07 Å². The van der Waals surface area contributed by atoms with E-state index in [-0.39, 0.29) is 33.5 Å². The molecule has 0 saturated carbocycles. The van der Waals surface area contributed by atoms with Crippen LogP contribution in [0.15, 0.2) is 36.5 Å². The van der Waals surface area contributed by atoms with E-state index in [4.69, 9.17) is 11.4 Å². The number of aromatic nitrogens is 2. The van der Waals surface area contributed by atoms with Crippen molar-refractivity contribution in [2.24, 2.45) is 0 Å². The number of piperazine rings is 1. The molecule has 4 fully saturated rings. The first-order valence-electron chi connectivity index (χ1n) is 15.2. The van der Waals surface area contributed by atoms with E-state index in [0.717, 1.165) is 51.0 Å². The van der Waals surface area contributed by atoms with E-state index in [1.165, 1.54) is 24.3 Å². The summed E-state index contributed by atoms with van der Waals surface area (Å²) in [6.45, 7) is 2.72. The molecule has 0 spiro atoms. The zero-order chi connectivity index (χ0) is 30.2. The molecule has 0 amide bonds. The maximum Gasteiger partial charge on any atom is 0.175 e. The molecule has 6 heterocycles. The third-order valence-electron chi connectivity index (χ3n) is 9.81. The number of phenolic OH excluding ortho intramolecular Hbond substituents is 1. The van der Waals surface area contributed by atoms with Crippen LogP contribution in [-0.4, -0.2) is 69.9 Å². The van der Waals surface area contributed by atoms with Crippen molar-refractivity contribution in [2.45, 2.75) is 55.9 Å². The molecule has 44 heavy (non-hydrogen) atoms. The maximum absolute atomic E-state index is 16.8. The molecule has 4 aliphatic rings. The highest BCUT2D eigenvalue weighted by molar-refractivity contribution is 6.03. The van der Waals surface area contributed by atoms with Crippen molar-refractivity contribution in [3.8, 4) is 41.2 Å². The predicted octanol–water partition coefficient (Wildman–Crippen LogP) is 5.28. The summed E-state index contributed by atoms with van der Waals surface area (Å²) in [4.78, 5) is 13.6. The molecule has 4 aromatic rings. The van der Waals surface area contributed by atoms with Crippen LogP contribution < -0.4 is 10.2 Å². The fourth-order valence-electron chi connectivity index (χ4n) is 7.87. The summed E-state index contributed by atoms with van der Waals surface area (Å²) in [6.07, 6.45) is 10.6. The highest BCUT2D eigenvalue weighted by Crippen LogP contribution is 2.41. The molecule has 9 heteroatoms. The minimum absolute atomic E-state index is 0.0357. The summed E-state index contributed by atoms with van der Waals surface area (Å²) in [5.41, 5.74) is 0.785. The molecule has 2 N–H and O–H groups in total. The summed E-state index contributed by atoms with van der Waals surface area (Å²) < 4.78 is 46.0. The molecule has 2 bridgehead atoms. The van der Waals surface area contributed by atoms with Gasteiger partial charge in [-0.25, -0.2) is 18.2 Å². The Morgan fingerprint density at radius 2 is 1.91 bits per heavy atom. The lowest BCUT2D eigenvalue weighted by Crippen LogP contribution is -2.51. The number of anilines is 1. The van der Waals surface area contributed by atoms with Gasteiger partial charge in [0.25, 0.3) is 0 Å². The molecule has 222 valence electrons. The first kappa shape index (κ1) is 27.3. The minimum Gasteiger partial charge on any atom is -0.508 e. The number of nitrogens with zero attached hydrogens (tertiary/aromatic N) is 4. The third kappa shape index (κ3) is 4.29. The van der Waals surface area contributed by atoms with Crippen molar-refractivity contribution in [1.82, 2.24) is 20.2 Å². The Kier molecular flexibility index (Phi) is 6.27. The van der Waals surface area contributed by atoms with E-state index in [1.54, 1.807) is 6.20 Å². The smallest absolute Gasteiger partial charge is 0.175 e. The summed E-state index contributed by atoms with van der Waals surface area (Å²) in [5.74, 6) is 7.49. The van der Waals surface area contributed by atoms with Gasteiger partial charge < -0.3 is 15.3 Å². The summed E-state index contributed by atoms with van der Waals surface area (Å²) in [7, 11) is 0. The second kappa shape index (κ2) is 10.1. The zero-order valence-corrected chi connectivity index (χ0v) is 24.0. The molecule has 4 aliphatic heterocycles. The quantitative estimate of drug-likeness (QED) is 0.309. The van der Waals surface area contributed by atoms with E-state index >= 15 is 4.39 Å². The van der Waals surface area contributed by atoms with Crippen LogP contribution in [-0.2, 0) is 0 Å². The zero-order valence-electron chi connectivity index (χ0n) is 24.0. The first-order valence-corrected chi connectivity index (χ1v) is 15.2. The number of fused-ring (bicyclic) bond motifs is 5. The van der Waals surface area contributed by atoms with Crippen molar-refractivity contribution in [3.63, 3.8) is 0 Å². The predicted molar refractivity (Wildman–Crippen MR) is 164 cm³/mol. The van der Waals surface area contributed by atoms with E-state index < -0.39 is 23.3 Å².